The molecule has 2 aromatic rings. The van der Waals surface area contributed by atoms with Gasteiger partial charge in [-0.1, -0.05) is 12.8 Å². The van der Waals surface area contributed by atoms with E-state index in [1.807, 2.05) is 6.07 Å². The van der Waals surface area contributed by atoms with Crippen LogP contribution in [0.5, 0.6) is 0 Å². The monoisotopic (exact) mass is 437 g/mol. The Bertz CT molecular complexity index is 934. The normalized spacial score (nSPS) is 24.0. The van der Waals surface area contributed by atoms with Gasteiger partial charge >= 0.3 is 0 Å². The molecule has 174 valence electrons. The molecule has 2 unspecified atom stereocenters. The first-order chi connectivity index (χ1) is 15.7. The van der Waals surface area contributed by atoms with Gasteiger partial charge in [0.05, 0.1) is 6.61 Å². The average Bonchev–Trinajstić information content (AvgIpc) is 3.00. The Hall–Kier alpha value is -1.85. The molecule has 1 amide bonds. The highest BCUT2D eigenvalue weighted by molar-refractivity contribution is 5.99. The number of hydrogen-bond donors (Lipinski definition) is 1. The standard InChI is InChI=1S/C27H39N3O2/c1-32-17-16-30(19-21-8-7-15-29-14-6-5-11-26(21)29)27(31)20-12-13-25-23(18-20)22-9-3-2-4-10-24(22)28-25/h12-13,18,21,26,28H,2-11,14-17,19H2,1H3. The van der Waals surface area contributed by atoms with Crippen LogP contribution in [0.1, 0.15) is 73.0 Å². The van der Waals surface area contributed by atoms with Gasteiger partial charge in [0.15, 0.2) is 0 Å². The van der Waals surface area contributed by atoms with E-state index in [4.69, 9.17) is 4.74 Å². The summed E-state index contributed by atoms with van der Waals surface area (Å²) in [4.78, 5) is 22.1. The first-order valence-corrected chi connectivity index (χ1v) is 12.9. The van der Waals surface area contributed by atoms with Crippen LogP contribution in [0.3, 0.4) is 0 Å². The van der Waals surface area contributed by atoms with E-state index in [1.54, 1.807) is 7.11 Å². The third kappa shape index (κ3) is 4.47. The Labute approximate surface area is 192 Å². The van der Waals surface area contributed by atoms with Gasteiger partial charge in [0.25, 0.3) is 5.91 Å². The lowest BCUT2D eigenvalue weighted by Crippen LogP contribution is -2.52. The van der Waals surface area contributed by atoms with Crippen molar-refractivity contribution in [1.82, 2.24) is 14.8 Å². The maximum Gasteiger partial charge on any atom is 0.253 e. The molecule has 2 atom stereocenters. The van der Waals surface area contributed by atoms with Crippen LogP contribution in [-0.4, -0.2) is 66.6 Å². The summed E-state index contributed by atoms with van der Waals surface area (Å²) >= 11 is 0. The zero-order valence-electron chi connectivity index (χ0n) is 19.7. The van der Waals surface area contributed by atoms with Crippen molar-refractivity contribution < 1.29 is 9.53 Å². The van der Waals surface area contributed by atoms with Crippen molar-refractivity contribution >= 4 is 16.8 Å². The number of benzene rings is 1. The predicted molar refractivity (Wildman–Crippen MR) is 129 cm³/mol. The predicted octanol–water partition coefficient (Wildman–Crippen LogP) is 4.79. The van der Waals surface area contributed by atoms with E-state index in [9.17, 15) is 4.79 Å². The van der Waals surface area contributed by atoms with Crippen LogP contribution in [0.25, 0.3) is 10.9 Å². The van der Waals surface area contributed by atoms with Gasteiger partial charge in [-0.05, 0) is 94.1 Å². The van der Waals surface area contributed by atoms with Gasteiger partial charge in [0.1, 0.15) is 0 Å². The van der Waals surface area contributed by atoms with Crippen molar-refractivity contribution in [3.05, 3.63) is 35.0 Å². The smallest absolute Gasteiger partial charge is 0.253 e. The van der Waals surface area contributed by atoms with Gasteiger partial charge in [-0.25, -0.2) is 0 Å². The van der Waals surface area contributed by atoms with Crippen LogP contribution in [0.2, 0.25) is 0 Å². The van der Waals surface area contributed by atoms with E-state index in [0.717, 1.165) is 24.9 Å². The summed E-state index contributed by atoms with van der Waals surface area (Å²) in [5.41, 5.74) is 4.84. The molecule has 3 heterocycles. The summed E-state index contributed by atoms with van der Waals surface area (Å²) < 4.78 is 5.39. The second-order valence-electron chi connectivity index (χ2n) is 10.1. The summed E-state index contributed by atoms with van der Waals surface area (Å²) in [5.74, 6) is 0.748. The van der Waals surface area contributed by atoms with Crippen molar-refractivity contribution in [3.63, 3.8) is 0 Å². The van der Waals surface area contributed by atoms with Gasteiger partial charge in [-0.15, -0.1) is 0 Å². The van der Waals surface area contributed by atoms with Crippen molar-refractivity contribution in [2.45, 2.75) is 70.3 Å². The molecular weight excluding hydrogens is 398 g/mol. The number of fused-ring (bicyclic) bond motifs is 4. The van der Waals surface area contributed by atoms with Gasteiger partial charge in [0, 0.05) is 48.4 Å². The first-order valence-electron chi connectivity index (χ1n) is 12.9. The molecule has 0 radical (unpaired) electrons. The first kappa shape index (κ1) is 22.0. The Balaban J connectivity index is 1.38. The van der Waals surface area contributed by atoms with E-state index in [1.165, 1.54) is 86.6 Å². The number of aromatic amines is 1. The topological polar surface area (TPSA) is 48.6 Å². The lowest BCUT2D eigenvalue weighted by Gasteiger charge is -2.45. The molecule has 5 heteroatoms. The number of methoxy groups -OCH3 is 1. The Morgan fingerprint density at radius 1 is 1.09 bits per heavy atom. The molecule has 3 aliphatic rings. The van der Waals surface area contributed by atoms with Crippen molar-refractivity contribution in [2.24, 2.45) is 5.92 Å². The van der Waals surface area contributed by atoms with Crippen molar-refractivity contribution in [2.75, 3.05) is 39.9 Å². The molecule has 1 aromatic heterocycles. The van der Waals surface area contributed by atoms with Gasteiger partial charge < -0.3 is 19.5 Å². The highest BCUT2D eigenvalue weighted by Gasteiger charge is 2.34. The number of nitrogens with zero attached hydrogens (tertiary/aromatic N) is 2. The lowest BCUT2D eigenvalue weighted by molar-refractivity contribution is 0.0315. The van der Waals surface area contributed by atoms with E-state index in [-0.39, 0.29) is 5.91 Å². The van der Waals surface area contributed by atoms with Crippen molar-refractivity contribution in [3.8, 4) is 0 Å². The Morgan fingerprint density at radius 2 is 1.97 bits per heavy atom. The number of rotatable bonds is 6. The molecule has 1 aromatic carbocycles. The molecule has 1 aliphatic carbocycles. The molecule has 5 rings (SSSR count). The molecule has 0 saturated carbocycles. The number of H-pyrrole nitrogens is 1. The molecule has 2 fully saturated rings. The maximum absolute atomic E-state index is 13.7. The molecule has 32 heavy (non-hydrogen) atoms. The zero-order valence-corrected chi connectivity index (χ0v) is 19.7. The fourth-order valence-electron chi connectivity index (χ4n) is 6.45. The van der Waals surface area contributed by atoms with Crippen LogP contribution in [-0.2, 0) is 17.6 Å². The maximum atomic E-state index is 13.7. The third-order valence-corrected chi connectivity index (χ3v) is 8.13. The summed E-state index contributed by atoms with van der Waals surface area (Å²) in [6.07, 6.45) is 12.5. The number of amides is 1. The number of aromatic nitrogens is 1. The molecule has 2 saturated heterocycles. The number of ether oxygens (including phenoxy) is 1. The van der Waals surface area contributed by atoms with E-state index < -0.39 is 0 Å². The number of carbonyl (C=O) groups is 1. The minimum absolute atomic E-state index is 0.167. The lowest BCUT2D eigenvalue weighted by atomic mass is 9.83. The summed E-state index contributed by atoms with van der Waals surface area (Å²) in [6.45, 7) is 4.59. The average molecular weight is 438 g/mol. The van der Waals surface area contributed by atoms with E-state index in [2.05, 4.69) is 26.9 Å². The summed E-state index contributed by atoms with van der Waals surface area (Å²) in [6, 6.07) is 6.95. The third-order valence-electron chi connectivity index (χ3n) is 8.13. The minimum Gasteiger partial charge on any atom is -0.383 e. The molecule has 1 N–H and O–H groups in total. The van der Waals surface area contributed by atoms with E-state index >= 15 is 0 Å². The number of carbonyl (C=O) groups excluding carboxylic acids is 1. The highest BCUT2D eigenvalue weighted by atomic mass is 16.5. The van der Waals surface area contributed by atoms with E-state index in [0.29, 0.717) is 25.1 Å². The number of nitrogens with one attached hydrogen (secondary N) is 1. The summed E-state index contributed by atoms with van der Waals surface area (Å²) in [5, 5.41) is 1.26. The molecule has 5 nitrogen and oxygen atoms in total. The number of hydrogen-bond acceptors (Lipinski definition) is 3. The fraction of sp³-hybridized carbons (Fsp3) is 0.667. The fourth-order valence-corrected chi connectivity index (χ4v) is 6.45. The van der Waals surface area contributed by atoms with Crippen LogP contribution >= 0.6 is 0 Å². The van der Waals surface area contributed by atoms with Crippen LogP contribution in [0, 0.1) is 5.92 Å². The number of piperidine rings is 2. The van der Waals surface area contributed by atoms with Gasteiger partial charge in [0.2, 0.25) is 0 Å². The van der Waals surface area contributed by atoms with Gasteiger partial charge in [-0.2, -0.15) is 0 Å². The molecular formula is C27H39N3O2. The minimum atomic E-state index is 0.167. The quantitative estimate of drug-likeness (QED) is 0.661. The second-order valence-corrected chi connectivity index (χ2v) is 10.1. The zero-order chi connectivity index (χ0) is 21.9. The van der Waals surface area contributed by atoms with Crippen LogP contribution in [0.4, 0.5) is 0 Å². The molecule has 0 bridgehead atoms. The molecule has 2 aliphatic heterocycles. The largest absolute Gasteiger partial charge is 0.383 e. The SMILES string of the molecule is COCCN(CC1CCCN2CCCCC12)C(=O)c1ccc2[nH]c3c(c2c1)CCCCC3. The van der Waals surface area contributed by atoms with Gasteiger partial charge in [-0.3, -0.25) is 4.79 Å². The second kappa shape index (κ2) is 9.96. The van der Waals surface area contributed by atoms with Crippen LogP contribution in [0.15, 0.2) is 18.2 Å². The number of aryl methyl sites for hydroxylation is 2. The summed E-state index contributed by atoms with van der Waals surface area (Å²) in [7, 11) is 1.73. The molecule has 0 spiro atoms. The Morgan fingerprint density at radius 3 is 2.88 bits per heavy atom. The highest BCUT2D eigenvalue weighted by Crippen LogP contribution is 2.32. The van der Waals surface area contributed by atoms with Crippen molar-refractivity contribution in [1.29, 1.82) is 0 Å². The van der Waals surface area contributed by atoms with Crippen LogP contribution < -0.4 is 0 Å². The Kier molecular flexibility index (Phi) is 6.84.